The van der Waals surface area contributed by atoms with Crippen molar-refractivity contribution in [3.8, 4) is 11.5 Å². The Labute approximate surface area is 304 Å². The third-order valence-corrected chi connectivity index (χ3v) is 12.3. The van der Waals surface area contributed by atoms with Gasteiger partial charge in [0.1, 0.15) is 28.2 Å². The lowest BCUT2D eigenvalue weighted by atomic mass is 9.80. The van der Waals surface area contributed by atoms with Crippen molar-refractivity contribution in [1.82, 2.24) is 9.71 Å². The van der Waals surface area contributed by atoms with Crippen molar-refractivity contribution in [1.29, 1.82) is 0 Å². The van der Waals surface area contributed by atoms with Crippen molar-refractivity contribution in [2.24, 2.45) is 5.41 Å². The number of methoxy groups -OCH3 is 2. The highest BCUT2D eigenvalue weighted by molar-refractivity contribution is 7.92. The third-order valence-electron chi connectivity index (χ3n) is 8.58. The summed E-state index contributed by atoms with van der Waals surface area (Å²) in [5.41, 5.74) is -0.619. The van der Waals surface area contributed by atoms with Crippen molar-refractivity contribution in [2.45, 2.75) is 69.7 Å². The van der Waals surface area contributed by atoms with Crippen molar-refractivity contribution >= 4 is 50.1 Å². The summed E-state index contributed by atoms with van der Waals surface area (Å²) in [6, 6.07) is 8.07. The van der Waals surface area contributed by atoms with Crippen LogP contribution in [0.2, 0.25) is 5.02 Å². The third kappa shape index (κ3) is 8.90. The van der Waals surface area contributed by atoms with Gasteiger partial charge in [-0.2, -0.15) is 4.39 Å². The first kappa shape index (κ1) is 40.2. The standard InChI is InChI=1S/C34H42ClF3N4O7S2/c1-8-49-29(43)18-26(40-50(44)33(2,3)4)34(5)14-15-41(20-34)24-17-23(36)32(31(38)30(24)35)51(45,46)42(28-11-9-10-27(37)39-28)19-21-12-13-22(47-6)16-25(21)48-7/h9-13,16-17,26,40H,8,14-15,18-20H2,1-7H3/t26?,34?,50-/m1/s1. The van der Waals surface area contributed by atoms with E-state index in [1.165, 1.54) is 44.6 Å². The van der Waals surface area contributed by atoms with Crippen LogP contribution in [0.25, 0.3) is 0 Å². The SMILES string of the molecule is CCOC(=O)CC(N[S@](=O)C(C)(C)C)C1(C)CCN(c2cc(F)c(S(=O)(=O)N(Cc3ccc(OC)cc3OC)c3cccc(F)n3)c(F)c2Cl)C1. The molecule has 2 aromatic carbocycles. The van der Waals surface area contributed by atoms with Gasteiger partial charge in [-0.1, -0.05) is 24.6 Å². The summed E-state index contributed by atoms with van der Waals surface area (Å²) in [7, 11) is -3.94. The van der Waals surface area contributed by atoms with Gasteiger partial charge in [0.05, 0.1) is 55.2 Å². The number of anilines is 2. The van der Waals surface area contributed by atoms with Gasteiger partial charge in [0.25, 0.3) is 10.0 Å². The number of pyridine rings is 1. The Balaban J connectivity index is 1.74. The summed E-state index contributed by atoms with van der Waals surface area (Å²) >= 11 is 6.50. The molecule has 1 fully saturated rings. The molecule has 1 aliphatic heterocycles. The van der Waals surface area contributed by atoms with Gasteiger partial charge in [-0.05, 0) is 58.4 Å². The molecule has 51 heavy (non-hydrogen) atoms. The number of carbonyl (C=O) groups is 1. The molecule has 1 saturated heterocycles. The first-order valence-electron chi connectivity index (χ1n) is 16.0. The fraction of sp³-hybridized carbons (Fsp3) is 0.471. The zero-order chi connectivity index (χ0) is 37.9. The second-order valence-corrected chi connectivity index (χ2v) is 17.4. The highest BCUT2D eigenvalue weighted by Crippen LogP contribution is 2.43. The van der Waals surface area contributed by atoms with Crippen LogP contribution >= 0.6 is 11.6 Å². The molecule has 4 rings (SSSR count). The first-order valence-corrected chi connectivity index (χ1v) is 18.9. The number of benzene rings is 2. The predicted molar refractivity (Wildman–Crippen MR) is 189 cm³/mol. The number of aromatic nitrogens is 1. The van der Waals surface area contributed by atoms with Gasteiger partial charge in [0, 0.05) is 42.2 Å². The van der Waals surface area contributed by atoms with Crippen molar-refractivity contribution in [3.63, 3.8) is 0 Å². The van der Waals surface area contributed by atoms with Crippen LogP contribution in [0.3, 0.4) is 0 Å². The number of hydrogen-bond donors (Lipinski definition) is 1. The van der Waals surface area contributed by atoms with E-state index < -0.39 is 83.0 Å². The zero-order valence-corrected chi connectivity index (χ0v) is 31.8. The molecular formula is C34H42ClF3N4O7S2. The van der Waals surface area contributed by atoms with Gasteiger partial charge < -0.3 is 19.1 Å². The maximum absolute atomic E-state index is 16.3. The van der Waals surface area contributed by atoms with Gasteiger partial charge in [0.2, 0.25) is 5.95 Å². The summed E-state index contributed by atoms with van der Waals surface area (Å²) in [5.74, 6) is -4.39. The lowest BCUT2D eigenvalue weighted by Crippen LogP contribution is -2.50. The number of ether oxygens (including phenoxy) is 3. The van der Waals surface area contributed by atoms with E-state index in [-0.39, 0.29) is 43.1 Å². The first-order chi connectivity index (χ1) is 23.9. The highest BCUT2D eigenvalue weighted by atomic mass is 35.5. The molecule has 1 aliphatic rings. The van der Waals surface area contributed by atoms with Crippen molar-refractivity contribution < 1.29 is 44.8 Å². The Hall–Kier alpha value is -3.60. The minimum absolute atomic E-state index is 0.115. The number of nitrogens with one attached hydrogen (secondary N) is 1. The second-order valence-electron chi connectivity index (χ2n) is 13.2. The monoisotopic (exact) mass is 774 g/mol. The number of esters is 1. The Bertz CT molecular complexity index is 1900. The van der Waals surface area contributed by atoms with E-state index in [2.05, 4.69) is 9.71 Å². The number of sulfonamides is 1. The van der Waals surface area contributed by atoms with Crippen molar-refractivity contribution in [3.05, 3.63) is 70.6 Å². The molecule has 0 amide bonds. The average Bonchev–Trinajstić information content (AvgIpc) is 3.47. The minimum atomic E-state index is -5.15. The van der Waals surface area contributed by atoms with Crippen LogP contribution in [-0.4, -0.2) is 68.3 Å². The van der Waals surface area contributed by atoms with Gasteiger partial charge in [-0.15, -0.1) is 0 Å². The average molecular weight is 775 g/mol. The van der Waals surface area contributed by atoms with Crippen LogP contribution in [0.4, 0.5) is 24.7 Å². The van der Waals surface area contributed by atoms with Gasteiger partial charge in [0.15, 0.2) is 10.7 Å². The summed E-state index contributed by atoms with van der Waals surface area (Å²) in [5, 5.41) is -0.665. The van der Waals surface area contributed by atoms with Crippen molar-refractivity contribution in [2.75, 3.05) is 43.1 Å². The fourth-order valence-electron chi connectivity index (χ4n) is 5.70. The largest absolute Gasteiger partial charge is 0.497 e. The Morgan fingerprint density at radius 2 is 1.86 bits per heavy atom. The Kier molecular flexibility index (Phi) is 12.6. The Morgan fingerprint density at radius 3 is 2.47 bits per heavy atom. The molecule has 1 N–H and O–H groups in total. The van der Waals surface area contributed by atoms with E-state index in [4.69, 9.17) is 25.8 Å². The van der Waals surface area contributed by atoms with Crippen LogP contribution in [0.1, 0.15) is 53.0 Å². The molecule has 2 heterocycles. The predicted octanol–water partition coefficient (Wildman–Crippen LogP) is 6.16. The quantitative estimate of drug-likeness (QED) is 0.117. The second kappa shape index (κ2) is 16.0. The molecule has 3 atom stereocenters. The molecule has 280 valence electrons. The highest BCUT2D eigenvalue weighted by Gasteiger charge is 2.45. The molecule has 0 saturated carbocycles. The minimum Gasteiger partial charge on any atom is -0.497 e. The number of nitrogens with zero attached hydrogens (tertiary/aromatic N) is 3. The van der Waals surface area contributed by atoms with E-state index in [0.717, 1.165) is 12.1 Å². The van der Waals surface area contributed by atoms with E-state index >= 15 is 8.78 Å². The summed E-state index contributed by atoms with van der Waals surface area (Å²) in [6.07, 6.45) is 0.282. The van der Waals surface area contributed by atoms with Crippen LogP contribution in [0.15, 0.2) is 47.4 Å². The smallest absolute Gasteiger partial charge is 0.307 e. The van der Waals surface area contributed by atoms with Gasteiger partial charge in [-0.3, -0.25) is 4.79 Å². The van der Waals surface area contributed by atoms with E-state index in [0.29, 0.717) is 16.5 Å². The van der Waals surface area contributed by atoms with E-state index in [1.807, 2.05) is 6.92 Å². The lowest BCUT2D eigenvalue weighted by Gasteiger charge is -2.36. The fourth-order valence-corrected chi connectivity index (χ4v) is 8.52. The molecule has 0 spiro atoms. The number of hydrogen-bond acceptors (Lipinski definition) is 9. The molecular weight excluding hydrogens is 733 g/mol. The molecule has 1 aromatic heterocycles. The Morgan fingerprint density at radius 1 is 1.16 bits per heavy atom. The normalized spacial score (nSPS) is 17.6. The number of halogens is 4. The number of rotatable bonds is 14. The maximum atomic E-state index is 16.3. The van der Waals surface area contributed by atoms with Crippen LogP contribution in [-0.2, 0) is 37.1 Å². The molecule has 11 nitrogen and oxygen atoms in total. The molecule has 3 aromatic rings. The summed E-state index contributed by atoms with van der Waals surface area (Å²) in [4.78, 5) is 16.5. The zero-order valence-electron chi connectivity index (χ0n) is 29.4. The lowest BCUT2D eigenvalue weighted by molar-refractivity contribution is -0.144. The van der Waals surface area contributed by atoms with Crippen LogP contribution in [0.5, 0.6) is 11.5 Å². The molecule has 2 unspecified atom stereocenters. The summed E-state index contributed by atoms with van der Waals surface area (Å²) < 4.78 is 107. The maximum Gasteiger partial charge on any atom is 0.307 e. The molecule has 0 aliphatic carbocycles. The topological polar surface area (TPSA) is 127 Å². The van der Waals surface area contributed by atoms with Gasteiger partial charge >= 0.3 is 5.97 Å². The molecule has 0 bridgehead atoms. The molecule has 0 radical (unpaired) electrons. The summed E-state index contributed by atoms with van der Waals surface area (Å²) in [6.45, 7) is 8.79. The van der Waals surface area contributed by atoms with Gasteiger partial charge in [-0.25, -0.2) is 35.4 Å². The van der Waals surface area contributed by atoms with Crippen LogP contribution in [0, 0.1) is 23.0 Å². The van der Waals surface area contributed by atoms with E-state index in [9.17, 15) is 21.8 Å². The molecule has 17 heteroatoms. The van der Waals surface area contributed by atoms with E-state index in [1.54, 1.807) is 32.6 Å². The number of carbonyl (C=O) groups excluding carboxylic acids is 1. The van der Waals surface area contributed by atoms with Crippen LogP contribution < -0.4 is 23.4 Å².